The highest BCUT2D eigenvalue weighted by molar-refractivity contribution is 5.91. The molecule has 120 valence electrons. The number of unbranched alkanes of at least 4 members (excludes halogenated alkanes) is 1. The van der Waals surface area contributed by atoms with Gasteiger partial charge >= 0.3 is 0 Å². The highest BCUT2D eigenvalue weighted by Gasteiger charge is 2.13. The molecule has 0 amide bonds. The lowest BCUT2D eigenvalue weighted by Gasteiger charge is -2.08. The van der Waals surface area contributed by atoms with Crippen LogP contribution in [0.1, 0.15) is 35.1 Å². The van der Waals surface area contributed by atoms with Gasteiger partial charge in [0.1, 0.15) is 0 Å². The summed E-state index contributed by atoms with van der Waals surface area (Å²) in [6, 6.07) is 13.4. The van der Waals surface area contributed by atoms with Crippen LogP contribution in [0.5, 0.6) is 0 Å². The minimum Gasteiger partial charge on any atom is -0.354 e. The summed E-state index contributed by atoms with van der Waals surface area (Å²) in [7, 11) is 0. The summed E-state index contributed by atoms with van der Waals surface area (Å²) in [5.41, 5.74) is 14.8. The second-order valence-electron chi connectivity index (χ2n) is 6.65. The number of H-pyrrole nitrogens is 1. The predicted octanol–water partition coefficient (Wildman–Crippen LogP) is 5.04. The van der Waals surface area contributed by atoms with Crippen molar-refractivity contribution in [2.24, 2.45) is 5.73 Å². The summed E-state index contributed by atoms with van der Waals surface area (Å²) in [5, 5.41) is 1.36. The molecule has 2 heteroatoms. The monoisotopic (exact) mass is 306 g/mol. The van der Waals surface area contributed by atoms with Crippen LogP contribution in [0.15, 0.2) is 36.4 Å². The predicted molar refractivity (Wildman–Crippen MR) is 99.9 cm³/mol. The van der Waals surface area contributed by atoms with E-state index in [1.54, 1.807) is 0 Å². The lowest BCUT2D eigenvalue weighted by atomic mass is 9.97. The van der Waals surface area contributed by atoms with E-state index in [0.717, 1.165) is 25.8 Å². The Hall–Kier alpha value is -2.06. The quantitative estimate of drug-likeness (QED) is 0.637. The van der Waals surface area contributed by atoms with E-state index in [0.29, 0.717) is 0 Å². The molecule has 0 spiro atoms. The number of hydrogen-bond donors (Lipinski definition) is 2. The van der Waals surface area contributed by atoms with Crippen LogP contribution in [-0.2, 0) is 6.42 Å². The normalized spacial score (nSPS) is 11.3. The fraction of sp³-hybridized carbons (Fsp3) is 0.333. The molecule has 0 aliphatic carbocycles. The Balaban J connectivity index is 2.15. The highest BCUT2D eigenvalue weighted by atomic mass is 14.7. The number of benzene rings is 2. The van der Waals surface area contributed by atoms with Crippen LogP contribution in [0.25, 0.3) is 22.2 Å². The molecule has 3 N–H and O–H groups in total. The van der Waals surface area contributed by atoms with E-state index in [2.05, 4.69) is 62.2 Å². The smallest absolute Gasteiger partial charge is 0.0497 e. The van der Waals surface area contributed by atoms with Crippen molar-refractivity contribution in [3.05, 3.63) is 58.7 Å². The van der Waals surface area contributed by atoms with Crippen molar-refractivity contribution in [1.82, 2.24) is 4.98 Å². The van der Waals surface area contributed by atoms with E-state index >= 15 is 0 Å². The molecule has 0 atom stereocenters. The molecule has 0 aliphatic heterocycles. The number of aryl methyl sites for hydroxylation is 4. The van der Waals surface area contributed by atoms with Crippen molar-refractivity contribution in [2.75, 3.05) is 6.54 Å². The fourth-order valence-electron chi connectivity index (χ4n) is 3.43. The van der Waals surface area contributed by atoms with Crippen molar-refractivity contribution < 1.29 is 0 Å². The number of hydrogen-bond acceptors (Lipinski definition) is 1. The van der Waals surface area contributed by atoms with Crippen LogP contribution < -0.4 is 5.73 Å². The van der Waals surface area contributed by atoms with Crippen LogP contribution in [0.3, 0.4) is 0 Å². The van der Waals surface area contributed by atoms with Gasteiger partial charge in [-0.3, -0.25) is 0 Å². The highest BCUT2D eigenvalue weighted by Crippen LogP contribution is 2.33. The van der Waals surface area contributed by atoms with Gasteiger partial charge in [-0.2, -0.15) is 0 Å². The Morgan fingerprint density at radius 3 is 2.30 bits per heavy atom. The van der Waals surface area contributed by atoms with Gasteiger partial charge in [-0.15, -0.1) is 0 Å². The van der Waals surface area contributed by atoms with E-state index in [9.17, 15) is 0 Å². The lowest BCUT2D eigenvalue weighted by Crippen LogP contribution is -1.99. The number of nitrogens with two attached hydrogens (primary N) is 1. The van der Waals surface area contributed by atoms with Gasteiger partial charge in [0.2, 0.25) is 0 Å². The molecule has 0 unspecified atom stereocenters. The first-order valence-corrected chi connectivity index (χ1v) is 8.48. The third kappa shape index (κ3) is 3.32. The first kappa shape index (κ1) is 15.8. The van der Waals surface area contributed by atoms with Gasteiger partial charge in [-0.25, -0.2) is 0 Å². The van der Waals surface area contributed by atoms with Crippen LogP contribution in [0.2, 0.25) is 0 Å². The Bertz CT molecular complexity index is 807. The topological polar surface area (TPSA) is 41.8 Å². The summed E-state index contributed by atoms with van der Waals surface area (Å²) in [6.45, 7) is 7.25. The number of aromatic amines is 1. The molecule has 3 rings (SSSR count). The fourth-order valence-corrected chi connectivity index (χ4v) is 3.43. The third-order valence-electron chi connectivity index (χ3n) is 4.45. The maximum absolute atomic E-state index is 5.69. The molecule has 2 nitrogen and oxygen atoms in total. The van der Waals surface area contributed by atoms with Crippen molar-refractivity contribution in [2.45, 2.75) is 40.0 Å². The molecule has 23 heavy (non-hydrogen) atoms. The van der Waals surface area contributed by atoms with Gasteiger partial charge < -0.3 is 10.7 Å². The van der Waals surface area contributed by atoms with Gasteiger partial charge in [0.05, 0.1) is 0 Å². The molecule has 0 radical (unpaired) electrons. The third-order valence-corrected chi connectivity index (χ3v) is 4.45. The van der Waals surface area contributed by atoms with Gasteiger partial charge in [-0.05, 0) is 82.0 Å². The zero-order valence-corrected chi connectivity index (χ0v) is 14.4. The summed E-state index contributed by atoms with van der Waals surface area (Å²) in [4.78, 5) is 3.66. The van der Waals surface area contributed by atoms with Gasteiger partial charge in [0, 0.05) is 16.6 Å². The molecule has 0 aliphatic rings. The first-order valence-electron chi connectivity index (χ1n) is 8.48. The zero-order chi connectivity index (χ0) is 16.4. The van der Waals surface area contributed by atoms with Gasteiger partial charge in [-0.1, -0.05) is 28.8 Å². The van der Waals surface area contributed by atoms with Crippen molar-refractivity contribution in [3.63, 3.8) is 0 Å². The van der Waals surface area contributed by atoms with Crippen LogP contribution in [0, 0.1) is 20.8 Å². The van der Waals surface area contributed by atoms with Crippen molar-refractivity contribution >= 4 is 10.9 Å². The maximum Gasteiger partial charge on any atom is 0.0497 e. The Morgan fingerprint density at radius 2 is 1.61 bits per heavy atom. The van der Waals surface area contributed by atoms with E-state index < -0.39 is 0 Å². The largest absolute Gasteiger partial charge is 0.354 e. The Kier molecular flexibility index (Phi) is 4.53. The Labute approximate surface area is 138 Å². The van der Waals surface area contributed by atoms with Crippen LogP contribution in [-0.4, -0.2) is 11.5 Å². The molecule has 0 saturated heterocycles. The average molecular weight is 306 g/mol. The molecular formula is C21H26N2. The molecule has 2 aromatic carbocycles. The Morgan fingerprint density at radius 1 is 0.870 bits per heavy atom. The summed E-state index contributed by atoms with van der Waals surface area (Å²) in [6.07, 6.45) is 3.28. The van der Waals surface area contributed by atoms with Crippen molar-refractivity contribution in [3.8, 4) is 11.3 Å². The number of aromatic nitrogens is 1. The summed E-state index contributed by atoms with van der Waals surface area (Å²) < 4.78 is 0. The average Bonchev–Trinajstić information content (AvgIpc) is 2.85. The SMILES string of the molecule is Cc1cc(C)cc(-c2[nH]c3ccc(C)cc3c2CCCCN)c1. The number of fused-ring (bicyclic) bond motifs is 1. The van der Waals surface area contributed by atoms with E-state index in [4.69, 9.17) is 5.73 Å². The maximum atomic E-state index is 5.69. The molecular weight excluding hydrogens is 280 g/mol. The van der Waals surface area contributed by atoms with Gasteiger partial charge in [0.15, 0.2) is 0 Å². The lowest BCUT2D eigenvalue weighted by molar-refractivity contribution is 0.748. The molecule has 0 bridgehead atoms. The molecule has 1 heterocycles. The van der Waals surface area contributed by atoms with E-state index in [1.165, 1.54) is 44.4 Å². The first-order chi connectivity index (χ1) is 11.1. The van der Waals surface area contributed by atoms with E-state index in [1.807, 2.05) is 0 Å². The zero-order valence-electron chi connectivity index (χ0n) is 14.4. The van der Waals surface area contributed by atoms with Crippen LogP contribution >= 0.6 is 0 Å². The molecule has 1 aromatic heterocycles. The second-order valence-corrected chi connectivity index (χ2v) is 6.65. The molecule has 0 fully saturated rings. The minimum absolute atomic E-state index is 0.764. The standard InChI is InChI=1S/C21H26N2/c1-14-7-8-20-19(13-14)18(6-4-5-9-22)21(23-20)17-11-15(2)10-16(3)12-17/h7-8,10-13,23H,4-6,9,22H2,1-3H3. The number of rotatable bonds is 5. The van der Waals surface area contributed by atoms with Crippen molar-refractivity contribution in [1.29, 1.82) is 0 Å². The summed E-state index contributed by atoms with van der Waals surface area (Å²) >= 11 is 0. The van der Waals surface area contributed by atoms with Crippen LogP contribution in [0.4, 0.5) is 0 Å². The molecule has 3 aromatic rings. The second kappa shape index (κ2) is 6.59. The summed E-state index contributed by atoms with van der Waals surface area (Å²) in [5.74, 6) is 0. The molecule has 0 saturated carbocycles. The van der Waals surface area contributed by atoms with Gasteiger partial charge in [0.25, 0.3) is 0 Å². The number of nitrogens with one attached hydrogen (secondary N) is 1. The minimum atomic E-state index is 0.764. The van der Waals surface area contributed by atoms with E-state index in [-0.39, 0.29) is 0 Å².